The lowest BCUT2D eigenvalue weighted by molar-refractivity contribution is -0.0205. The van der Waals surface area contributed by atoms with E-state index in [0.717, 1.165) is 32.7 Å². The maximum absolute atomic E-state index is 8.68. The minimum atomic E-state index is 0.237. The summed E-state index contributed by atoms with van der Waals surface area (Å²) < 4.78 is 0. The van der Waals surface area contributed by atoms with Crippen LogP contribution in [-0.2, 0) is 0 Å². The summed E-state index contributed by atoms with van der Waals surface area (Å²) in [6.07, 6.45) is 0. The molecule has 0 amide bonds. The summed E-state index contributed by atoms with van der Waals surface area (Å²) >= 11 is 0. The summed E-state index contributed by atoms with van der Waals surface area (Å²) in [6, 6.07) is 0. The van der Waals surface area contributed by atoms with Crippen molar-refractivity contribution >= 4 is 0 Å². The molecule has 0 aromatic heterocycles. The van der Waals surface area contributed by atoms with Crippen LogP contribution < -0.4 is 5.32 Å². The van der Waals surface area contributed by atoms with Crippen LogP contribution in [0.5, 0.6) is 0 Å². The van der Waals surface area contributed by atoms with Crippen molar-refractivity contribution < 1.29 is 5.11 Å². The fraction of sp³-hybridized carbons (Fsp3) is 1.00. The summed E-state index contributed by atoms with van der Waals surface area (Å²) in [5.41, 5.74) is 0. The van der Waals surface area contributed by atoms with Gasteiger partial charge in [0.15, 0.2) is 0 Å². The van der Waals surface area contributed by atoms with E-state index in [-0.39, 0.29) is 6.61 Å². The van der Waals surface area contributed by atoms with Crippen LogP contribution in [0.25, 0.3) is 0 Å². The number of aliphatic hydroxyl groups excluding tert-OH is 1. The van der Waals surface area contributed by atoms with Crippen molar-refractivity contribution in [1.82, 2.24) is 15.3 Å². The summed E-state index contributed by atoms with van der Waals surface area (Å²) in [4.78, 5) is 0. The SMILES string of the molecule is CN(CCO)N1CCNCC1. The van der Waals surface area contributed by atoms with Gasteiger partial charge >= 0.3 is 0 Å². The molecule has 0 atom stereocenters. The molecule has 0 aliphatic carbocycles. The van der Waals surface area contributed by atoms with E-state index in [4.69, 9.17) is 5.11 Å². The molecule has 0 aromatic carbocycles. The van der Waals surface area contributed by atoms with Gasteiger partial charge in [0.25, 0.3) is 0 Å². The van der Waals surface area contributed by atoms with Crippen LogP contribution in [0.4, 0.5) is 0 Å². The highest BCUT2D eigenvalue weighted by atomic mass is 16.3. The number of piperazine rings is 1. The zero-order valence-electron chi connectivity index (χ0n) is 7.08. The molecule has 1 heterocycles. The highest BCUT2D eigenvalue weighted by molar-refractivity contribution is 4.64. The molecule has 2 N–H and O–H groups in total. The van der Waals surface area contributed by atoms with Crippen molar-refractivity contribution in [3.63, 3.8) is 0 Å². The fourth-order valence-corrected chi connectivity index (χ4v) is 1.28. The monoisotopic (exact) mass is 159 g/mol. The van der Waals surface area contributed by atoms with E-state index in [0.29, 0.717) is 0 Å². The second kappa shape index (κ2) is 4.66. The Bertz CT molecular complexity index is 104. The number of likely N-dealkylation sites (N-methyl/N-ethyl adjacent to an activating group) is 1. The first kappa shape index (κ1) is 8.93. The first-order valence-corrected chi connectivity index (χ1v) is 4.12. The van der Waals surface area contributed by atoms with Crippen LogP contribution in [-0.4, -0.2) is 61.5 Å². The summed E-state index contributed by atoms with van der Waals surface area (Å²) in [5.74, 6) is 0. The number of hydrazine groups is 1. The zero-order valence-corrected chi connectivity index (χ0v) is 7.08. The molecule has 1 rings (SSSR count). The topological polar surface area (TPSA) is 38.7 Å². The Kier molecular flexibility index (Phi) is 3.79. The molecule has 0 radical (unpaired) electrons. The van der Waals surface area contributed by atoms with Crippen LogP contribution in [0.2, 0.25) is 0 Å². The third kappa shape index (κ3) is 2.75. The molecule has 11 heavy (non-hydrogen) atoms. The minimum Gasteiger partial charge on any atom is -0.395 e. The molecular formula is C7H17N3O. The third-order valence-electron chi connectivity index (χ3n) is 2.00. The highest BCUT2D eigenvalue weighted by Crippen LogP contribution is 1.95. The van der Waals surface area contributed by atoms with Gasteiger partial charge in [-0.1, -0.05) is 0 Å². The molecule has 1 aliphatic heterocycles. The average Bonchev–Trinajstić information content (AvgIpc) is 2.07. The Hall–Kier alpha value is -0.160. The van der Waals surface area contributed by atoms with E-state index in [2.05, 4.69) is 15.3 Å². The third-order valence-corrected chi connectivity index (χ3v) is 2.00. The Morgan fingerprint density at radius 3 is 2.64 bits per heavy atom. The van der Waals surface area contributed by atoms with Gasteiger partial charge in [0.05, 0.1) is 6.61 Å². The van der Waals surface area contributed by atoms with Gasteiger partial charge in [-0.05, 0) is 0 Å². The van der Waals surface area contributed by atoms with Crippen molar-refractivity contribution in [2.75, 3.05) is 46.4 Å². The first-order valence-electron chi connectivity index (χ1n) is 4.12. The normalized spacial score (nSPS) is 21.0. The van der Waals surface area contributed by atoms with E-state index in [1.807, 2.05) is 7.05 Å². The van der Waals surface area contributed by atoms with Gasteiger partial charge in [-0.25, -0.2) is 10.0 Å². The van der Waals surface area contributed by atoms with Gasteiger partial charge in [0, 0.05) is 39.8 Å². The Balaban J connectivity index is 2.21. The van der Waals surface area contributed by atoms with Gasteiger partial charge < -0.3 is 10.4 Å². The fourth-order valence-electron chi connectivity index (χ4n) is 1.28. The number of hydrogen-bond donors (Lipinski definition) is 2. The zero-order chi connectivity index (χ0) is 8.10. The van der Waals surface area contributed by atoms with Crippen molar-refractivity contribution in [2.45, 2.75) is 0 Å². The summed E-state index contributed by atoms with van der Waals surface area (Å²) in [6.45, 7) is 5.18. The Morgan fingerprint density at radius 1 is 1.45 bits per heavy atom. The molecule has 66 valence electrons. The molecule has 0 saturated carbocycles. The van der Waals surface area contributed by atoms with E-state index in [1.165, 1.54) is 0 Å². The van der Waals surface area contributed by atoms with Gasteiger partial charge in [0.2, 0.25) is 0 Å². The average molecular weight is 159 g/mol. The quantitative estimate of drug-likeness (QED) is 0.538. The highest BCUT2D eigenvalue weighted by Gasteiger charge is 2.12. The largest absolute Gasteiger partial charge is 0.395 e. The van der Waals surface area contributed by atoms with Crippen molar-refractivity contribution in [3.8, 4) is 0 Å². The molecule has 0 spiro atoms. The van der Waals surface area contributed by atoms with Gasteiger partial charge in [0.1, 0.15) is 0 Å². The number of nitrogens with one attached hydrogen (secondary N) is 1. The molecule has 0 aromatic rings. The number of aliphatic hydroxyl groups is 1. The van der Waals surface area contributed by atoms with Crippen LogP contribution in [0, 0.1) is 0 Å². The van der Waals surface area contributed by atoms with Crippen LogP contribution >= 0.6 is 0 Å². The van der Waals surface area contributed by atoms with Crippen molar-refractivity contribution in [1.29, 1.82) is 0 Å². The Morgan fingerprint density at radius 2 is 2.09 bits per heavy atom. The molecule has 1 saturated heterocycles. The molecule has 0 unspecified atom stereocenters. The maximum atomic E-state index is 8.68. The summed E-state index contributed by atoms with van der Waals surface area (Å²) in [5, 5.41) is 16.3. The Labute approximate surface area is 67.8 Å². The smallest absolute Gasteiger partial charge is 0.0572 e. The maximum Gasteiger partial charge on any atom is 0.0572 e. The number of hydrogen-bond acceptors (Lipinski definition) is 4. The van der Waals surface area contributed by atoms with Crippen LogP contribution in [0.1, 0.15) is 0 Å². The lowest BCUT2D eigenvalue weighted by atomic mass is 10.4. The number of nitrogens with zero attached hydrogens (tertiary/aromatic N) is 2. The van der Waals surface area contributed by atoms with Crippen LogP contribution in [0.15, 0.2) is 0 Å². The molecular weight excluding hydrogens is 142 g/mol. The van der Waals surface area contributed by atoms with Gasteiger partial charge in [-0.2, -0.15) is 0 Å². The summed E-state index contributed by atoms with van der Waals surface area (Å²) in [7, 11) is 2.02. The molecule has 4 heteroatoms. The first-order chi connectivity index (χ1) is 5.34. The molecule has 0 bridgehead atoms. The van der Waals surface area contributed by atoms with E-state index in [1.54, 1.807) is 0 Å². The van der Waals surface area contributed by atoms with E-state index < -0.39 is 0 Å². The van der Waals surface area contributed by atoms with E-state index in [9.17, 15) is 0 Å². The molecule has 1 fully saturated rings. The van der Waals surface area contributed by atoms with Crippen molar-refractivity contribution in [3.05, 3.63) is 0 Å². The van der Waals surface area contributed by atoms with Crippen molar-refractivity contribution in [2.24, 2.45) is 0 Å². The number of rotatable bonds is 3. The van der Waals surface area contributed by atoms with E-state index >= 15 is 0 Å². The lowest BCUT2D eigenvalue weighted by Gasteiger charge is -2.34. The predicted molar refractivity (Wildman–Crippen MR) is 44.2 cm³/mol. The molecule has 4 nitrogen and oxygen atoms in total. The van der Waals surface area contributed by atoms with Crippen LogP contribution in [0.3, 0.4) is 0 Å². The lowest BCUT2D eigenvalue weighted by Crippen LogP contribution is -2.51. The minimum absolute atomic E-state index is 0.237. The standard InChI is InChI=1S/C7H17N3O/c1-9(6-7-11)10-4-2-8-3-5-10/h8,11H,2-7H2,1H3. The predicted octanol–water partition coefficient (Wildman–Crippen LogP) is -1.27. The second-order valence-corrected chi connectivity index (χ2v) is 2.81. The second-order valence-electron chi connectivity index (χ2n) is 2.81. The van der Waals surface area contributed by atoms with Gasteiger partial charge in [-0.3, -0.25) is 0 Å². The molecule has 1 aliphatic rings. The van der Waals surface area contributed by atoms with Gasteiger partial charge in [-0.15, -0.1) is 0 Å².